The van der Waals surface area contributed by atoms with Crippen molar-refractivity contribution < 1.29 is 0 Å². The fourth-order valence-electron chi connectivity index (χ4n) is 1.07. The van der Waals surface area contributed by atoms with Crippen LogP contribution in [-0.4, -0.2) is 11.8 Å². The molecule has 0 bridgehead atoms. The predicted octanol–water partition coefficient (Wildman–Crippen LogP) is 2.20. The lowest BCUT2D eigenvalue weighted by atomic mass is 10.3. The Balaban J connectivity index is 2.27. The summed E-state index contributed by atoms with van der Waals surface area (Å²) in [5.41, 5.74) is 1.05. The van der Waals surface area contributed by atoms with Crippen molar-refractivity contribution in [3.8, 4) is 0 Å². The van der Waals surface area contributed by atoms with Crippen LogP contribution in [0, 0.1) is 0 Å². The number of hydrogen-bond acceptors (Lipinski definition) is 2. The largest absolute Gasteiger partial charge is 0.294 e. The number of nitrogens with zero attached hydrogens (tertiary/aromatic N) is 3. The smallest absolute Gasteiger partial charge is 0.222 e. The highest BCUT2D eigenvalue weighted by atomic mass is 32.1. The summed E-state index contributed by atoms with van der Waals surface area (Å²) in [6.45, 7) is 0.544. The van der Waals surface area contributed by atoms with Gasteiger partial charge in [-0.05, 0) is 24.4 Å². The van der Waals surface area contributed by atoms with E-state index in [9.17, 15) is 0 Å². The topological polar surface area (TPSA) is 28.0 Å². The van der Waals surface area contributed by atoms with Gasteiger partial charge in [0.25, 0.3) is 0 Å². The number of benzene rings is 1. The minimum Gasteiger partial charge on any atom is -0.294 e. The van der Waals surface area contributed by atoms with Crippen molar-refractivity contribution in [2.75, 3.05) is 11.6 Å². The zero-order valence-corrected chi connectivity index (χ0v) is 7.16. The van der Waals surface area contributed by atoms with Crippen molar-refractivity contribution in [1.29, 1.82) is 0 Å². The van der Waals surface area contributed by atoms with Gasteiger partial charge in [0.15, 0.2) is 0 Å². The molecule has 0 N–H and O–H groups in total. The molecule has 4 heteroatoms. The third kappa shape index (κ3) is 1.21. The number of azo groups is 1. The van der Waals surface area contributed by atoms with Crippen molar-refractivity contribution in [2.45, 2.75) is 0 Å². The van der Waals surface area contributed by atoms with Crippen LogP contribution in [0.3, 0.4) is 0 Å². The van der Waals surface area contributed by atoms with Crippen LogP contribution in [0.5, 0.6) is 0 Å². The van der Waals surface area contributed by atoms with Crippen LogP contribution in [0.25, 0.3) is 0 Å². The van der Waals surface area contributed by atoms with Crippen LogP contribution in [0.1, 0.15) is 0 Å². The molecule has 0 spiro atoms. The molecule has 2 rings (SSSR count). The third-order valence-electron chi connectivity index (χ3n) is 1.66. The monoisotopic (exact) mass is 177 g/mol. The Bertz CT molecular complexity index is 320. The van der Waals surface area contributed by atoms with Crippen LogP contribution in [0.15, 0.2) is 40.6 Å². The van der Waals surface area contributed by atoms with E-state index in [1.165, 1.54) is 0 Å². The van der Waals surface area contributed by atoms with E-state index in [2.05, 4.69) is 10.2 Å². The summed E-state index contributed by atoms with van der Waals surface area (Å²) in [5.74, 6) is 0. The molecule has 3 nitrogen and oxygen atoms in total. The third-order valence-corrected chi connectivity index (χ3v) is 1.96. The Kier molecular flexibility index (Phi) is 1.83. The van der Waals surface area contributed by atoms with Crippen molar-refractivity contribution >= 4 is 23.0 Å². The summed E-state index contributed by atoms with van der Waals surface area (Å²) in [6, 6.07) is 9.88. The van der Waals surface area contributed by atoms with Gasteiger partial charge in [0.05, 0.1) is 0 Å². The average molecular weight is 177 g/mol. The number of anilines is 1. The van der Waals surface area contributed by atoms with Crippen molar-refractivity contribution in [3.05, 3.63) is 30.3 Å². The van der Waals surface area contributed by atoms with E-state index in [-0.39, 0.29) is 0 Å². The zero-order valence-electron chi connectivity index (χ0n) is 6.34. The molecule has 12 heavy (non-hydrogen) atoms. The molecule has 0 radical (unpaired) electrons. The van der Waals surface area contributed by atoms with E-state index in [4.69, 9.17) is 12.2 Å². The number of para-hydroxylation sites is 1. The lowest BCUT2D eigenvalue weighted by Gasteiger charge is -2.13. The van der Waals surface area contributed by atoms with Crippen molar-refractivity contribution in [2.24, 2.45) is 10.2 Å². The van der Waals surface area contributed by atoms with Gasteiger partial charge in [0.1, 0.15) is 6.67 Å². The Labute approximate surface area is 75.7 Å². The first-order valence-corrected chi connectivity index (χ1v) is 4.03. The summed E-state index contributed by atoms with van der Waals surface area (Å²) < 4.78 is 0. The van der Waals surface area contributed by atoms with Crippen molar-refractivity contribution in [1.82, 2.24) is 0 Å². The first-order chi connectivity index (χ1) is 5.88. The van der Waals surface area contributed by atoms with Gasteiger partial charge in [-0.1, -0.05) is 18.2 Å². The summed E-state index contributed by atoms with van der Waals surface area (Å²) >= 11 is 4.99. The first-order valence-electron chi connectivity index (χ1n) is 3.62. The Hall–Kier alpha value is -1.29. The van der Waals surface area contributed by atoms with E-state index in [0.717, 1.165) is 5.69 Å². The highest BCUT2D eigenvalue weighted by molar-refractivity contribution is 7.80. The summed E-state index contributed by atoms with van der Waals surface area (Å²) in [5, 5.41) is 8.15. The second-order valence-electron chi connectivity index (χ2n) is 2.43. The van der Waals surface area contributed by atoms with Gasteiger partial charge >= 0.3 is 0 Å². The molecule has 0 fully saturated rings. The molecule has 1 aliphatic rings. The summed E-state index contributed by atoms with van der Waals surface area (Å²) in [4.78, 5) is 1.88. The van der Waals surface area contributed by atoms with Crippen LogP contribution >= 0.6 is 12.2 Å². The first kappa shape index (κ1) is 7.36. The molecule has 1 heterocycles. The van der Waals surface area contributed by atoms with Crippen molar-refractivity contribution in [3.63, 3.8) is 0 Å². The second kappa shape index (κ2) is 2.98. The molecule has 0 unspecified atom stereocenters. The van der Waals surface area contributed by atoms with E-state index >= 15 is 0 Å². The molecule has 1 aromatic rings. The lowest BCUT2D eigenvalue weighted by Crippen LogP contribution is -2.22. The summed E-state index contributed by atoms with van der Waals surface area (Å²) in [7, 11) is 0. The molecule has 0 saturated carbocycles. The van der Waals surface area contributed by atoms with Gasteiger partial charge in [0.2, 0.25) is 5.11 Å². The number of rotatable bonds is 1. The van der Waals surface area contributed by atoms with Gasteiger partial charge < -0.3 is 0 Å². The molecule has 60 valence electrons. The van der Waals surface area contributed by atoms with Crippen LogP contribution in [0.4, 0.5) is 5.69 Å². The number of hydrogen-bond donors (Lipinski definition) is 0. The fraction of sp³-hybridized carbons (Fsp3) is 0.125. The Morgan fingerprint density at radius 2 is 2.00 bits per heavy atom. The molecule has 0 atom stereocenters. The Morgan fingerprint density at radius 1 is 1.25 bits per heavy atom. The fourth-order valence-corrected chi connectivity index (χ4v) is 1.29. The van der Waals surface area contributed by atoms with Gasteiger partial charge in [-0.15, -0.1) is 5.11 Å². The summed E-state index contributed by atoms with van der Waals surface area (Å²) in [6.07, 6.45) is 0. The maximum atomic E-state index is 4.99. The quantitative estimate of drug-likeness (QED) is 0.615. The van der Waals surface area contributed by atoms with E-state index < -0.39 is 0 Å². The SMILES string of the molecule is S=C1N=NCN1c1ccccc1. The molecule has 0 amide bonds. The molecule has 0 aliphatic carbocycles. The standard InChI is InChI=1S/C8H7N3S/c12-8-10-9-6-11(8)7-4-2-1-3-5-7/h1-5H,6H2. The second-order valence-corrected chi connectivity index (χ2v) is 2.79. The number of thiocarbonyl (C=S) groups is 1. The molecule has 0 saturated heterocycles. The predicted molar refractivity (Wildman–Crippen MR) is 51.2 cm³/mol. The van der Waals surface area contributed by atoms with Crippen LogP contribution < -0.4 is 4.90 Å². The van der Waals surface area contributed by atoms with Gasteiger partial charge in [-0.3, -0.25) is 4.90 Å². The average Bonchev–Trinajstić information content (AvgIpc) is 2.53. The minimum atomic E-state index is 0.543. The molecular formula is C8H7N3S. The molecular weight excluding hydrogens is 170 g/mol. The molecule has 1 aliphatic heterocycles. The van der Waals surface area contributed by atoms with E-state index in [1.807, 2.05) is 35.2 Å². The van der Waals surface area contributed by atoms with E-state index in [0.29, 0.717) is 11.8 Å². The van der Waals surface area contributed by atoms with E-state index in [1.54, 1.807) is 0 Å². The molecule has 0 aromatic heterocycles. The van der Waals surface area contributed by atoms with Crippen LogP contribution in [-0.2, 0) is 0 Å². The lowest BCUT2D eigenvalue weighted by molar-refractivity contribution is 1.03. The minimum absolute atomic E-state index is 0.543. The normalized spacial score (nSPS) is 15.7. The van der Waals surface area contributed by atoms with Gasteiger partial charge in [-0.25, -0.2) is 0 Å². The maximum absolute atomic E-state index is 4.99. The van der Waals surface area contributed by atoms with Crippen LogP contribution in [0.2, 0.25) is 0 Å². The highest BCUT2D eigenvalue weighted by Crippen LogP contribution is 2.17. The maximum Gasteiger partial charge on any atom is 0.222 e. The van der Waals surface area contributed by atoms with Gasteiger partial charge in [0, 0.05) is 5.69 Å². The highest BCUT2D eigenvalue weighted by Gasteiger charge is 2.14. The Morgan fingerprint density at radius 3 is 2.58 bits per heavy atom. The molecule has 1 aromatic carbocycles. The van der Waals surface area contributed by atoms with Gasteiger partial charge in [-0.2, -0.15) is 5.11 Å². The zero-order chi connectivity index (χ0) is 8.39.